The first-order chi connectivity index (χ1) is 28.9. The second-order valence-corrected chi connectivity index (χ2v) is 16.5. The average Bonchev–Trinajstić information content (AvgIpc) is 3.85. The number of aromatic amines is 1. The van der Waals surface area contributed by atoms with Crippen molar-refractivity contribution in [2.24, 2.45) is 4.99 Å². The molecule has 1 N–H and O–H groups in total. The second-order valence-electron chi connectivity index (χ2n) is 15.1. The molecule has 0 bridgehead atoms. The van der Waals surface area contributed by atoms with E-state index in [1.807, 2.05) is 105 Å². The number of nitrogens with one attached hydrogen (secondary N) is 1. The van der Waals surface area contributed by atoms with Gasteiger partial charge in [-0.05, 0) is 75.6 Å². The Bertz CT molecular complexity index is 2240. The monoisotopic (exact) mass is 838 g/mol. The Morgan fingerprint density at radius 2 is 1.58 bits per heavy atom. The number of aliphatic imine (C=N–C) groups is 1. The van der Waals surface area contributed by atoms with E-state index < -0.39 is 38.1 Å². The lowest BCUT2D eigenvalue weighted by Gasteiger charge is -2.39. The number of benzene rings is 3. The summed E-state index contributed by atoms with van der Waals surface area (Å²) in [7, 11) is 5.35. The summed E-state index contributed by atoms with van der Waals surface area (Å²) >= 11 is 0. The predicted molar refractivity (Wildman–Crippen MR) is 233 cm³/mol. The molecule has 3 heterocycles. The van der Waals surface area contributed by atoms with E-state index in [9.17, 15) is 4.79 Å². The molecule has 3 aromatic carbocycles. The zero-order valence-corrected chi connectivity index (χ0v) is 36.6. The van der Waals surface area contributed by atoms with Gasteiger partial charge in [0, 0.05) is 32.6 Å². The van der Waals surface area contributed by atoms with Crippen LogP contribution in [0, 0.1) is 6.57 Å². The number of methoxy groups -OCH3 is 2. The number of H-pyrrole nitrogens is 1. The molecule has 0 radical (unpaired) electrons. The molecule has 0 aliphatic carbocycles. The molecule has 1 saturated heterocycles. The molecule has 0 spiro atoms. The number of imidazole rings is 1. The highest BCUT2D eigenvalue weighted by Crippen LogP contribution is 2.51. The fraction of sp³-hybridized carbons (Fsp3) is 0.432. The van der Waals surface area contributed by atoms with Crippen LogP contribution in [0.5, 0.6) is 11.5 Å². The van der Waals surface area contributed by atoms with Crippen molar-refractivity contribution < 1.29 is 28.0 Å². The minimum Gasteiger partial charge on any atom is -0.497 e. The van der Waals surface area contributed by atoms with Crippen LogP contribution in [0.3, 0.4) is 0 Å². The highest BCUT2D eigenvalue weighted by molar-refractivity contribution is 7.44. The van der Waals surface area contributed by atoms with Gasteiger partial charge in [0.2, 0.25) is 12.5 Å². The maximum Gasteiger partial charge on any atom is 0.280 e. The van der Waals surface area contributed by atoms with Crippen molar-refractivity contribution in [2.45, 2.75) is 77.2 Å². The van der Waals surface area contributed by atoms with Crippen LogP contribution in [0.15, 0.2) is 95.0 Å². The smallest absolute Gasteiger partial charge is 0.280 e. The summed E-state index contributed by atoms with van der Waals surface area (Å²) in [5.41, 5.74) is 1.58. The van der Waals surface area contributed by atoms with E-state index in [1.165, 1.54) is 0 Å². The Hall–Kier alpha value is -5.20. The van der Waals surface area contributed by atoms with Crippen molar-refractivity contribution >= 4 is 31.5 Å². The van der Waals surface area contributed by atoms with Crippen LogP contribution in [0.2, 0.25) is 0 Å². The summed E-state index contributed by atoms with van der Waals surface area (Å²) in [4.78, 5) is 35.1. The Morgan fingerprint density at radius 3 is 2.13 bits per heavy atom. The summed E-state index contributed by atoms with van der Waals surface area (Å²) in [5.74, 6) is 2.23. The maximum absolute atomic E-state index is 13.3. The van der Waals surface area contributed by atoms with Crippen molar-refractivity contribution in [3.8, 4) is 11.5 Å². The van der Waals surface area contributed by atoms with Gasteiger partial charge < -0.3 is 37.7 Å². The van der Waals surface area contributed by atoms with Crippen LogP contribution in [-0.4, -0.2) is 107 Å². The fourth-order valence-corrected chi connectivity index (χ4v) is 9.00. The van der Waals surface area contributed by atoms with E-state index >= 15 is 0 Å². The standard InChI is InChI=1S/C44H55N8O7P/c1-29(2)52(30(3)4)60(57-25-24-45-6)59-37-26-39(51-28-46-40-41(51)48-43(49-42(40)53)47-31(5)50(7)8)58-38(37)27-56-44(32-14-12-11-13-15-32,33-16-20-35(54-9)21-17-33)34-18-22-36(55-10)23-19-34/h11-23,28-30,37-39H,24-27H2,1-5,7-10H3,(H,48,49,53)/b47-31+/t37-,38-,39-,60?/m1/s1. The number of fused-ring (bicyclic) bond motifs is 1. The number of rotatable bonds is 18. The first-order valence-corrected chi connectivity index (χ1v) is 21.1. The number of nitrogens with zero attached hydrogens (tertiary/aromatic N) is 7. The van der Waals surface area contributed by atoms with Crippen molar-refractivity contribution in [3.05, 3.63) is 124 Å². The Morgan fingerprint density at radius 1 is 0.983 bits per heavy atom. The molecule has 16 heteroatoms. The Balaban J connectivity index is 1.46. The van der Waals surface area contributed by atoms with Gasteiger partial charge in [0.1, 0.15) is 41.9 Å². The third-order valence-corrected chi connectivity index (χ3v) is 12.5. The van der Waals surface area contributed by atoms with Gasteiger partial charge in [0.05, 0.1) is 33.3 Å². The Labute approximate surface area is 353 Å². The average molecular weight is 839 g/mol. The van der Waals surface area contributed by atoms with E-state index in [1.54, 1.807) is 25.1 Å². The van der Waals surface area contributed by atoms with Crippen molar-refractivity contribution in [1.82, 2.24) is 29.1 Å². The van der Waals surface area contributed by atoms with Crippen LogP contribution >= 0.6 is 8.53 Å². The molecule has 0 amide bonds. The molecular formula is C44H55N8O7P. The largest absolute Gasteiger partial charge is 0.497 e. The zero-order valence-electron chi connectivity index (χ0n) is 35.7. The van der Waals surface area contributed by atoms with Crippen LogP contribution in [0.1, 0.15) is 64.0 Å². The SMILES string of the molecule is [C-]#[N+]CCOP(O[C@@H]1C[C@H](n2cnc3c(=O)[nH]c(/N=C(\C)N(C)C)nc32)O[C@@H]1COC(c1ccccc1)(c1ccc(OC)cc1)c1ccc(OC)cc1)N(C(C)C)C(C)C. The molecular weight excluding hydrogens is 784 g/mol. The van der Waals surface area contributed by atoms with Crippen molar-refractivity contribution in [2.75, 3.05) is 48.1 Å². The molecule has 1 aliphatic heterocycles. The predicted octanol–water partition coefficient (Wildman–Crippen LogP) is 7.71. The molecule has 60 heavy (non-hydrogen) atoms. The molecule has 4 atom stereocenters. The van der Waals surface area contributed by atoms with E-state index in [-0.39, 0.29) is 43.3 Å². The second kappa shape index (κ2) is 19.9. The molecule has 1 fully saturated rings. The van der Waals surface area contributed by atoms with Gasteiger partial charge in [-0.15, -0.1) is 0 Å². The number of ether oxygens (including phenoxy) is 4. The number of hydrogen-bond donors (Lipinski definition) is 1. The molecule has 15 nitrogen and oxygen atoms in total. The highest BCUT2D eigenvalue weighted by atomic mass is 31.2. The summed E-state index contributed by atoms with van der Waals surface area (Å²) in [5, 5.41) is 0. The first kappa shape index (κ1) is 44.4. The third kappa shape index (κ3) is 9.71. The summed E-state index contributed by atoms with van der Waals surface area (Å²) in [6.45, 7) is 18.1. The van der Waals surface area contributed by atoms with Gasteiger partial charge in [0.25, 0.3) is 14.1 Å². The first-order valence-electron chi connectivity index (χ1n) is 19.9. The van der Waals surface area contributed by atoms with Crippen LogP contribution in [-0.2, 0) is 24.1 Å². The van der Waals surface area contributed by atoms with Gasteiger partial charge in [0.15, 0.2) is 11.2 Å². The molecule has 5 aromatic rings. The van der Waals surface area contributed by atoms with E-state index in [0.717, 1.165) is 16.7 Å². The van der Waals surface area contributed by atoms with E-state index in [0.29, 0.717) is 29.4 Å². The van der Waals surface area contributed by atoms with E-state index in [2.05, 4.69) is 52.2 Å². The molecule has 1 aliphatic rings. The topological polar surface area (TPSA) is 142 Å². The molecule has 318 valence electrons. The quantitative estimate of drug-likeness (QED) is 0.0232. The Kier molecular flexibility index (Phi) is 14.7. The van der Waals surface area contributed by atoms with Crippen LogP contribution in [0.4, 0.5) is 5.95 Å². The van der Waals surface area contributed by atoms with Crippen molar-refractivity contribution in [3.63, 3.8) is 0 Å². The minimum atomic E-state index is -1.66. The maximum atomic E-state index is 13.3. The fourth-order valence-electron chi connectivity index (χ4n) is 7.25. The normalized spacial score (nSPS) is 17.7. The van der Waals surface area contributed by atoms with Crippen molar-refractivity contribution in [1.29, 1.82) is 0 Å². The van der Waals surface area contributed by atoms with Gasteiger partial charge in [-0.2, -0.15) is 4.98 Å². The lowest BCUT2D eigenvalue weighted by molar-refractivity contribution is -0.0911. The third-order valence-electron chi connectivity index (χ3n) is 10.3. The van der Waals surface area contributed by atoms with Crippen LogP contribution < -0.4 is 15.0 Å². The van der Waals surface area contributed by atoms with Crippen LogP contribution in [0.25, 0.3) is 16.0 Å². The minimum absolute atomic E-state index is 0.0704. The van der Waals surface area contributed by atoms with E-state index in [4.69, 9.17) is 39.6 Å². The lowest BCUT2D eigenvalue weighted by Crippen LogP contribution is -2.39. The molecule has 2 aromatic heterocycles. The number of hydrogen-bond acceptors (Lipinski definition) is 11. The van der Waals surface area contributed by atoms with Gasteiger partial charge in [-0.3, -0.25) is 14.3 Å². The summed E-state index contributed by atoms with van der Waals surface area (Å²) in [6, 6.07) is 25.9. The van der Waals surface area contributed by atoms with Gasteiger partial charge in [-0.25, -0.2) is 21.2 Å². The lowest BCUT2D eigenvalue weighted by atomic mass is 9.80. The highest BCUT2D eigenvalue weighted by Gasteiger charge is 2.45. The number of amidine groups is 1. The molecule has 0 saturated carbocycles. The van der Waals surface area contributed by atoms with Gasteiger partial charge >= 0.3 is 0 Å². The molecule has 6 rings (SSSR count). The van der Waals surface area contributed by atoms with Gasteiger partial charge in [-0.1, -0.05) is 54.6 Å². The number of aromatic nitrogens is 4. The summed E-state index contributed by atoms with van der Waals surface area (Å²) in [6.07, 6.45) is 0.0353. The molecule has 1 unspecified atom stereocenters. The summed E-state index contributed by atoms with van der Waals surface area (Å²) < 4.78 is 42.8. The zero-order chi connectivity index (χ0) is 43.0.